The van der Waals surface area contributed by atoms with Crippen LogP contribution in [0, 0.1) is 17.7 Å². The third-order valence-electron chi connectivity index (χ3n) is 2.77. The molecular formula is C17H15ClFNO. The molecule has 1 aromatic heterocycles. The Kier molecular flexibility index (Phi) is 6.05. The topological polar surface area (TPSA) is 22.1 Å². The van der Waals surface area contributed by atoms with Crippen molar-refractivity contribution in [2.45, 2.75) is 12.8 Å². The Morgan fingerprint density at radius 3 is 2.90 bits per heavy atom. The van der Waals surface area contributed by atoms with Gasteiger partial charge < -0.3 is 4.74 Å². The molecule has 0 saturated heterocycles. The molecule has 2 nitrogen and oxygen atoms in total. The van der Waals surface area contributed by atoms with E-state index < -0.39 is 0 Å². The zero-order chi connectivity index (χ0) is 14.9. The van der Waals surface area contributed by atoms with Crippen LogP contribution in [-0.2, 0) is 6.42 Å². The van der Waals surface area contributed by atoms with Crippen LogP contribution in [0.15, 0.2) is 42.7 Å². The lowest BCUT2D eigenvalue weighted by molar-refractivity contribution is 0.320. The maximum Gasteiger partial charge on any atom is 0.142 e. The molecular weight excluding hydrogens is 289 g/mol. The zero-order valence-corrected chi connectivity index (χ0v) is 12.2. The van der Waals surface area contributed by atoms with Gasteiger partial charge in [0.25, 0.3) is 0 Å². The highest BCUT2D eigenvalue weighted by atomic mass is 35.5. The molecule has 2 aromatic rings. The molecule has 21 heavy (non-hydrogen) atoms. The van der Waals surface area contributed by atoms with Crippen LogP contribution in [0.3, 0.4) is 0 Å². The highest BCUT2D eigenvalue weighted by molar-refractivity contribution is 6.18. The lowest BCUT2D eigenvalue weighted by Crippen LogP contribution is -2.02. The Bertz CT molecular complexity index is 634. The highest BCUT2D eigenvalue weighted by Gasteiger charge is 2.02. The van der Waals surface area contributed by atoms with E-state index in [-0.39, 0.29) is 5.82 Å². The Hall–Kier alpha value is -2.05. The molecule has 0 fully saturated rings. The second-order valence-electron chi connectivity index (χ2n) is 4.34. The predicted octanol–water partition coefficient (Wildman–Crippen LogP) is 3.82. The number of ether oxygens (including phenoxy) is 1. The standard InChI is InChI=1S/C17H15ClFNO/c18-9-2-1-5-15-6-7-16(12-17(15)19)21-11-8-14-4-3-10-20-13-14/h3-4,6-7,10,12-13H,2,8-9,11H2. The van der Waals surface area contributed by atoms with Crippen molar-refractivity contribution in [3.05, 3.63) is 59.7 Å². The molecule has 108 valence electrons. The Morgan fingerprint density at radius 1 is 1.29 bits per heavy atom. The number of halogens is 2. The van der Waals surface area contributed by atoms with E-state index >= 15 is 0 Å². The van der Waals surface area contributed by atoms with Gasteiger partial charge in [-0.3, -0.25) is 4.98 Å². The van der Waals surface area contributed by atoms with E-state index in [0.29, 0.717) is 30.2 Å². The molecule has 0 aliphatic carbocycles. The van der Waals surface area contributed by atoms with Crippen molar-refractivity contribution in [2.75, 3.05) is 12.5 Å². The van der Waals surface area contributed by atoms with E-state index in [1.54, 1.807) is 24.5 Å². The summed E-state index contributed by atoms with van der Waals surface area (Å²) in [6.07, 6.45) is 4.79. The number of benzene rings is 1. The number of aromatic nitrogens is 1. The van der Waals surface area contributed by atoms with Crippen molar-refractivity contribution < 1.29 is 9.13 Å². The second-order valence-corrected chi connectivity index (χ2v) is 4.72. The molecule has 0 aliphatic heterocycles. The number of pyridine rings is 1. The fraction of sp³-hybridized carbons (Fsp3) is 0.235. The van der Waals surface area contributed by atoms with E-state index in [4.69, 9.17) is 16.3 Å². The van der Waals surface area contributed by atoms with Crippen LogP contribution in [0.25, 0.3) is 0 Å². The zero-order valence-electron chi connectivity index (χ0n) is 11.5. The van der Waals surface area contributed by atoms with E-state index in [1.165, 1.54) is 6.07 Å². The summed E-state index contributed by atoms with van der Waals surface area (Å²) in [4.78, 5) is 4.03. The molecule has 0 bridgehead atoms. The summed E-state index contributed by atoms with van der Waals surface area (Å²) in [5, 5.41) is 0. The van der Waals surface area contributed by atoms with Gasteiger partial charge in [-0.2, -0.15) is 0 Å². The first-order valence-electron chi connectivity index (χ1n) is 6.65. The van der Waals surface area contributed by atoms with E-state index in [1.807, 2.05) is 12.1 Å². The average Bonchev–Trinajstić information content (AvgIpc) is 2.51. The first kappa shape index (κ1) is 15.3. The molecule has 4 heteroatoms. The van der Waals surface area contributed by atoms with Gasteiger partial charge in [-0.15, -0.1) is 11.6 Å². The molecule has 0 aliphatic rings. The summed E-state index contributed by atoms with van der Waals surface area (Å²) in [6, 6.07) is 8.55. The summed E-state index contributed by atoms with van der Waals surface area (Å²) in [5.74, 6) is 6.13. The lowest BCUT2D eigenvalue weighted by atomic mass is 10.2. The summed E-state index contributed by atoms with van der Waals surface area (Å²) in [5.41, 5.74) is 1.45. The van der Waals surface area contributed by atoms with Gasteiger partial charge in [0.05, 0.1) is 12.2 Å². The van der Waals surface area contributed by atoms with Crippen LogP contribution in [0.4, 0.5) is 4.39 Å². The molecule has 0 amide bonds. The van der Waals surface area contributed by atoms with Gasteiger partial charge in [0, 0.05) is 37.2 Å². The van der Waals surface area contributed by atoms with Crippen molar-refractivity contribution in [1.82, 2.24) is 4.98 Å². The van der Waals surface area contributed by atoms with Gasteiger partial charge in [0.1, 0.15) is 11.6 Å². The summed E-state index contributed by atoms with van der Waals surface area (Å²) >= 11 is 5.52. The van der Waals surface area contributed by atoms with Crippen molar-refractivity contribution in [1.29, 1.82) is 0 Å². The lowest BCUT2D eigenvalue weighted by Gasteiger charge is -2.06. The van der Waals surface area contributed by atoms with Crippen LogP contribution in [-0.4, -0.2) is 17.5 Å². The smallest absolute Gasteiger partial charge is 0.142 e. The largest absolute Gasteiger partial charge is 0.493 e. The van der Waals surface area contributed by atoms with Crippen LogP contribution in [0.2, 0.25) is 0 Å². The van der Waals surface area contributed by atoms with Crippen LogP contribution in [0.1, 0.15) is 17.5 Å². The number of alkyl halides is 1. The van der Waals surface area contributed by atoms with Crippen LogP contribution < -0.4 is 4.74 Å². The Labute approximate surface area is 128 Å². The first-order chi connectivity index (χ1) is 10.3. The Balaban J connectivity index is 1.90. The van der Waals surface area contributed by atoms with Gasteiger partial charge >= 0.3 is 0 Å². The minimum atomic E-state index is -0.379. The highest BCUT2D eigenvalue weighted by Crippen LogP contribution is 2.16. The van der Waals surface area contributed by atoms with Crippen molar-refractivity contribution in [3.63, 3.8) is 0 Å². The maximum absolute atomic E-state index is 13.8. The summed E-state index contributed by atoms with van der Waals surface area (Å²) in [7, 11) is 0. The fourth-order valence-electron chi connectivity index (χ4n) is 1.72. The minimum absolute atomic E-state index is 0.361. The van der Waals surface area contributed by atoms with Crippen LogP contribution in [0.5, 0.6) is 5.75 Å². The van der Waals surface area contributed by atoms with Crippen LogP contribution >= 0.6 is 11.6 Å². The maximum atomic E-state index is 13.8. The van der Waals surface area contributed by atoms with Gasteiger partial charge in [0.15, 0.2) is 0 Å². The normalized spacial score (nSPS) is 9.81. The number of nitrogens with zero attached hydrogens (tertiary/aromatic N) is 1. The van der Waals surface area contributed by atoms with Gasteiger partial charge in [-0.25, -0.2) is 4.39 Å². The molecule has 0 saturated carbocycles. The van der Waals surface area contributed by atoms with Gasteiger partial charge in [0.2, 0.25) is 0 Å². The third kappa shape index (κ3) is 5.09. The van der Waals surface area contributed by atoms with E-state index in [0.717, 1.165) is 12.0 Å². The van der Waals surface area contributed by atoms with Crippen molar-refractivity contribution in [2.24, 2.45) is 0 Å². The minimum Gasteiger partial charge on any atom is -0.493 e. The number of hydrogen-bond donors (Lipinski definition) is 0. The molecule has 0 unspecified atom stereocenters. The van der Waals surface area contributed by atoms with Gasteiger partial charge in [-0.1, -0.05) is 17.9 Å². The molecule has 0 radical (unpaired) electrons. The monoisotopic (exact) mass is 303 g/mol. The number of rotatable bonds is 5. The van der Waals surface area contributed by atoms with Crippen molar-refractivity contribution in [3.8, 4) is 17.6 Å². The summed E-state index contributed by atoms with van der Waals surface area (Å²) < 4.78 is 19.3. The molecule has 0 N–H and O–H groups in total. The van der Waals surface area contributed by atoms with E-state index in [2.05, 4.69) is 16.8 Å². The predicted molar refractivity (Wildman–Crippen MR) is 82.1 cm³/mol. The average molecular weight is 304 g/mol. The number of hydrogen-bond acceptors (Lipinski definition) is 2. The first-order valence-corrected chi connectivity index (χ1v) is 7.19. The SMILES string of the molecule is Fc1cc(OCCc2cccnc2)ccc1C#CCCCl. The molecule has 1 heterocycles. The Morgan fingerprint density at radius 2 is 2.19 bits per heavy atom. The molecule has 1 aromatic carbocycles. The second kappa shape index (κ2) is 8.28. The summed E-state index contributed by atoms with van der Waals surface area (Å²) in [6.45, 7) is 0.475. The molecule has 0 spiro atoms. The van der Waals surface area contributed by atoms with E-state index in [9.17, 15) is 4.39 Å². The van der Waals surface area contributed by atoms with Gasteiger partial charge in [-0.05, 0) is 23.8 Å². The molecule has 0 atom stereocenters. The molecule has 2 rings (SSSR count). The third-order valence-corrected chi connectivity index (χ3v) is 2.95. The fourth-order valence-corrected chi connectivity index (χ4v) is 1.82. The quantitative estimate of drug-likeness (QED) is 0.619. The van der Waals surface area contributed by atoms with Crippen molar-refractivity contribution >= 4 is 11.6 Å².